The van der Waals surface area contributed by atoms with Crippen LogP contribution >= 0.6 is 11.3 Å². The molecule has 9 heteroatoms. The molecule has 0 radical (unpaired) electrons. The number of aliphatic hydroxyl groups excluding tert-OH is 1. The van der Waals surface area contributed by atoms with Crippen molar-refractivity contribution in [2.75, 3.05) is 25.0 Å². The van der Waals surface area contributed by atoms with Gasteiger partial charge in [0.1, 0.15) is 5.82 Å². The third kappa shape index (κ3) is 5.80. The molecular formula is C27H34N6O2S. The maximum atomic E-state index is 13.3. The van der Waals surface area contributed by atoms with Crippen molar-refractivity contribution < 1.29 is 9.90 Å². The molecule has 0 saturated heterocycles. The first-order valence-corrected chi connectivity index (χ1v) is 13.4. The van der Waals surface area contributed by atoms with Crippen molar-refractivity contribution in [3.63, 3.8) is 0 Å². The largest absolute Gasteiger partial charge is 0.394 e. The number of aliphatic hydroxyl groups is 1. The van der Waals surface area contributed by atoms with Crippen molar-refractivity contribution in [2.45, 2.75) is 52.6 Å². The fourth-order valence-electron chi connectivity index (χ4n) is 4.33. The highest BCUT2D eigenvalue weighted by molar-refractivity contribution is 7.13. The second-order valence-corrected chi connectivity index (χ2v) is 9.95. The van der Waals surface area contributed by atoms with Gasteiger partial charge in [-0.05, 0) is 63.0 Å². The summed E-state index contributed by atoms with van der Waals surface area (Å²) in [6, 6.07) is 9.71. The summed E-state index contributed by atoms with van der Waals surface area (Å²) in [4.78, 5) is 26.3. The number of fused-ring (bicyclic) bond motifs is 1. The number of pyridine rings is 1. The maximum Gasteiger partial charge on any atom is 0.165 e. The number of nitrogens with one attached hydrogen (secondary N) is 1. The number of hydrogen-bond donors (Lipinski definition) is 2. The minimum absolute atomic E-state index is 0.0426. The summed E-state index contributed by atoms with van der Waals surface area (Å²) in [5, 5.41) is 19.2. The summed E-state index contributed by atoms with van der Waals surface area (Å²) in [7, 11) is 0. The van der Waals surface area contributed by atoms with E-state index in [0.29, 0.717) is 35.2 Å². The molecule has 36 heavy (non-hydrogen) atoms. The van der Waals surface area contributed by atoms with Crippen LogP contribution in [0.1, 0.15) is 50.9 Å². The molecule has 2 N–H and O–H groups in total. The number of nitrogens with zero attached hydrogens (tertiary/aromatic N) is 5. The Bertz CT molecular complexity index is 1300. The van der Waals surface area contributed by atoms with Crippen LogP contribution in [0, 0.1) is 0 Å². The molecule has 0 aliphatic heterocycles. The Morgan fingerprint density at radius 3 is 2.67 bits per heavy atom. The molecule has 0 saturated carbocycles. The minimum atomic E-state index is -0.203. The van der Waals surface area contributed by atoms with Gasteiger partial charge in [0.25, 0.3) is 0 Å². The first kappa shape index (κ1) is 25.9. The summed E-state index contributed by atoms with van der Waals surface area (Å²) < 4.78 is 1.72. The summed E-state index contributed by atoms with van der Waals surface area (Å²) in [5.41, 5.74) is 3.50. The highest BCUT2D eigenvalue weighted by atomic mass is 32.1. The summed E-state index contributed by atoms with van der Waals surface area (Å²) >= 11 is 1.63. The van der Waals surface area contributed by atoms with Crippen molar-refractivity contribution in [1.29, 1.82) is 0 Å². The lowest BCUT2D eigenvalue weighted by Crippen LogP contribution is -2.33. The molecule has 0 aliphatic rings. The zero-order chi connectivity index (χ0) is 25.7. The Hall–Kier alpha value is -3.14. The smallest absolute Gasteiger partial charge is 0.165 e. The molecule has 4 heterocycles. The highest BCUT2D eigenvalue weighted by Crippen LogP contribution is 2.29. The van der Waals surface area contributed by atoms with Crippen LogP contribution < -0.4 is 5.32 Å². The van der Waals surface area contributed by atoms with Gasteiger partial charge in [-0.3, -0.25) is 4.79 Å². The van der Waals surface area contributed by atoms with Gasteiger partial charge in [-0.15, -0.1) is 11.3 Å². The normalized spacial score (nSPS) is 13.3. The van der Waals surface area contributed by atoms with Crippen LogP contribution in [0.2, 0.25) is 0 Å². The standard InChI is InChI=1S/C27H34N6O2S/c1-5-32(6-2)19(4)9-10-24(35)20-14-23(30-26(15-20)29-18(3)17-34)21-16-28-33-12-11-22(31-27(21)33)25-8-7-13-36-25/h7-8,11-16,18-19,34H,5-6,9-10,17H2,1-4H3,(H,29,30)/t18-,19+/m1/s1. The zero-order valence-electron chi connectivity index (χ0n) is 21.3. The predicted octanol–water partition coefficient (Wildman–Crippen LogP) is 5.01. The molecule has 190 valence electrons. The Morgan fingerprint density at radius 2 is 1.97 bits per heavy atom. The minimum Gasteiger partial charge on any atom is -0.394 e. The quantitative estimate of drug-likeness (QED) is 0.261. The molecule has 0 amide bonds. The van der Waals surface area contributed by atoms with Crippen LogP contribution in [0.15, 0.2) is 48.1 Å². The van der Waals surface area contributed by atoms with Crippen LogP contribution in [0.4, 0.5) is 5.82 Å². The predicted molar refractivity (Wildman–Crippen MR) is 146 cm³/mol. The number of carbonyl (C=O) groups is 1. The van der Waals surface area contributed by atoms with Crippen LogP contribution in [-0.2, 0) is 0 Å². The van der Waals surface area contributed by atoms with Crippen molar-refractivity contribution in [1.82, 2.24) is 24.5 Å². The van der Waals surface area contributed by atoms with Crippen LogP contribution in [0.25, 0.3) is 27.5 Å². The summed E-state index contributed by atoms with van der Waals surface area (Å²) in [6.07, 6.45) is 4.86. The lowest BCUT2D eigenvalue weighted by Gasteiger charge is -2.26. The van der Waals surface area contributed by atoms with E-state index in [4.69, 9.17) is 9.97 Å². The number of Topliss-reactive ketones (excluding diaryl/α,β-unsaturated/α-hetero) is 1. The topological polar surface area (TPSA) is 95.7 Å². The second kappa shape index (κ2) is 11.7. The fourth-order valence-corrected chi connectivity index (χ4v) is 5.02. The third-order valence-corrected chi connectivity index (χ3v) is 7.35. The molecule has 0 spiro atoms. The Morgan fingerprint density at radius 1 is 1.17 bits per heavy atom. The average molecular weight is 507 g/mol. The van der Waals surface area contributed by atoms with Crippen LogP contribution in [0.5, 0.6) is 0 Å². The Kier molecular flexibility index (Phi) is 8.45. The summed E-state index contributed by atoms with van der Waals surface area (Å²) in [6.45, 7) is 10.2. The number of ketones is 1. The molecule has 0 fully saturated rings. The fraction of sp³-hybridized carbons (Fsp3) is 0.407. The van der Waals surface area contributed by atoms with Gasteiger partial charge in [0.2, 0.25) is 0 Å². The number of aromatic nitrogens is 4. The molecule has 2 atom stereocenters. The SMILES string of the molecule is CCN(CC)[C@@H](C)CCC(=O)c1cc(N[C@H](C)CO)nc(-c2cnn3ccc(-c4cccs4)nc23)c1. The third-order valence-electron chi connectivity index (χ3n) is 6.46. The first-order valence-electron chi connectivity index (χ1n) is 12.5. The van der Waals surface area contributed by atoms with Gasteiger partial charge in [-0.25, -0.2) is 14.5 Å². The van der Waals surface area contributed by atoms with E-state index in [9.17, 15) is 9.90 Å². The molecule has 4 aromatic rings. The number of carbonyl (C=O) groups excluding carboxylic acids is 1. The van der Waals surface area contributed by atoms with Gasteiger partial charge < -0.3 is 15.3 Å². The van der Waals surface area contributed by atoms with Gasteiger partial charge in [-0.2, -0.15) is 5.10 Å². The van der Waals surface area contributed by atoms with Gasteiger partial charge in [0.15, 0.2) is 11.4 Å². The van der Waals surface area contributed by atoms with E-state index in [1.165, 1.54) is 0 Å². The van der Waals surface area contributed by atoms with Crippen LogP contribution in [0.3, 0.4) is 0 Å². The monoisotopic (exact) mass is 506 g/mol. The Labute approximate surface area is 216 Å². The van der Waals surface area contributed by atoms with Crippen molar-refractivity contribution in [3.05, 3.63) is 53.7 Å². The second-order valence-electron chi connectivity index (χ2n) is 9.00. The number of hydrogen-bond acceptors (Lipinski definition) is 8. The number of thiophene rings is 1. The van der Waals surface area contributed by atoms with Crippen LogP contribution in [-0.4, -0.2) is 67.2 Å². The van der Waals surface area contributed by atoms with E-state index in [0.717, 1.165) is 35.6 Å². The highest BCUT2D eigenvalue weighted by Gasteiger charge is 2.18. The van der Waals surface area contributed by atoms with E-state index in [1.807, 2.05) is 42.8 Å². The first-order chi connectivity index (χ1) is 17.4. The number of anilines is 1. The van der Waals surface area contributed by atoms with E-state index in [1.54, 1.807) is 28.1 Å². The van der Waals surface area contributed by atoms with Gasteiger partial charge in [-0.1, -0.05) is 19.9 Å². The van der Waals surface area contributed by atoms with Crippen molar-refractivity contribution in [3.8, 4) is 21.8 Å². The average Bonchev–Trinajstić information content (AvgIpc) is 3.57. The molecule has 0 bridgehead atoms. The Balaban J connectivity index is 1.69. The van der Waals surface area contributed by atoms with Crippen molar-refractivity contribution >= 4 is 28.6 Å². The van der Waals surface area contributed by atoms with E-state index in [2.05, 4.69) is 36.1 Å². The lowest BCUT2D eigenvalue weighted by atomic mass is 10.0. The lowest BCUT2D eigenvalue weighted by molar-refractivity contribution is 0.0964. The molecular weight excluding hydrogens is 472 g/mol. The van der Waals surface area contributed by atoms with E-state index >= 15 is 0 Å². The van der Waals surface area contributed by atoms with Crippen molar-refractivity contribution in [2.24, 2.45) is 0 Å². The molecule has 0 unspecified atom stereocenters. The molecule has 0 aliphatic carbocycles. The van der Waals surface area contributed by atoms with Gasteiger partial charge in [0.05, 0.1) is 34.6 Å². The molecule has 8 nitrogen and oxygen atoms in total. The van der Waals surface area contributed by atoms with E-state index < -0.39 is 0 Å². The molecule has 4 rings (SSSR count). The van der Waals surface area contributed by atoms with Gasteiger partial charge in [0, 0.05) is 30.3 Å². The zero-order valence-corrected chi connectivity index (χ0v) is 22.1. The number of rotatable bonds is 12. The molecule has 0 aromatic carbocycles. The van der Waals surface area contributed by atoms with Gasteiger partial charge >= 0.3 is 0 Å². The summed E-state index contributed by atoms with van der Waals surface area (Å²) in [5.74, 6) is 0.615. The maximum absolute atomic E-state index is 13.3. The molecule has 4 aromatic heterocycles. The van der Waals surface area contributed by atoms with E-state index in [-0.39, 0.29) is 18.4 Å².